The molecule has 2 nitrogen and oxygen atoms in total. The van der Waals surface area contributed by atoms with Crippen molar-refractivity contribution in [3.63, 3.8) is 0 Å². The second-order valence-electron chi connectivity index (χ2n) is 2.81. The van der Waals surface area contributed by atoms with E-state index >= 15 is 0 Å². The minimum absolute atomic E-state index is 0.0974. The Labute approximate surface area is 96.3 Å². The molecule has 0 heterocycles. The number of hydrogen-bond acceptors (Lipinski definition) is 2. The Morgan fingerprint density at radius 1 is 1.57 bits per heavy atom. The van der Waals surface area contributed by atoms with Crippen LogP contribution in [0.25, 0.3) is 0 Å². The van der Waals surface area contributed by atoms with Gasteiger partial charge >= 0.3 is 0 Å². The molecule has 0 aromatic heterocycles. The molecule has 0 saturated carbocycles. The first-order valence-corrected chi connectivity index (χ1v) is 5.57. The van der Waals surface area contributed by atoms with Crippen molar-refractivity contribution in [2.75, 3.05) is 12.4 Å². The molecule has 76 valence electrons. The number of carbonyl (C=O) groups is 1. The average molecular weight is 278 g/mol. The fraction of sp³-hybridized carbons (Fsp3) is 0.300. The van der Waals surface area contributed by atoms with Gasteiger partial charge in [0.2, 0.25) is 0 Å². The molecule has 0 amide bonds. The topological polar surface area (TPSA) is 26.3 Å². The first kappa shape index (κ1) is 11.5. The molecular formula is C10H10BrClO2. The molecule has 1 aromatic rings. The van der Waals surface area contributed by atoms with Crippen molar-refractivity contribution in [1.29, 1.82) is 0 Å². The third-order valence-corrected chi connectivity index (χ3v) is 2.78. The molecule has 0 atom stereocenters. The summed E-state index contributed by atoms with van der Waals surface area (Å²) in [6.07, 6.45) is 0.335. The molecule has 0 aliphatic carbocycles. The van der Waals surface area contributed by atoms with E-state index in [4.69, 9.17) is 16.3 Å². The zero-order chi connectivity index (χ0) is 10.6. The predicted molar refractivity (Wildman–Crippen MR) is 60.5 cm³/mol. The van der Waals surface area contributed by atoms with E-state index in [1.54, 1.807) is 25.3 Å². The van der Waals surface area contributed by atoms with Gasteiger partial charge in [0.15, 0.2) is 0 Å². The van der Waals surface area contributed by atoms with E-state index < -0.39 is 0 Å². The number of halogens is 2. The van der Waals surface area contributed by atoms with Crippen LogP contribution in [-0.4, -0.2) is 18.2 Å². The number of hydrogen-bond donors (Lipinski definition) is 0. The van der Waals surface area contributed by atoms with E-state index in [0.29, 0.717) is 22.5 Å². The van der Waals surface area contributed by atoms with Crippen LogP contribution in [0.3, 0.4) is 0 Å². The van der Waals surface area contributed by atoms with Crippen LogP contribution >= 0.6 is 27.5 Å². The molecule has 4 heteroatoms. The minimum Gasteiger partial charge on any atom is -0.497 e. The predicted octanol–water partition coefficient (Wildman–Crippen LogP) is 2.86. The molecule has 14 heavy (non-hydrogen) atoms. The minimum atomic E-state index is 0.0974. The first-order valence-electron chi connectivity index (χ1n) is 4.07. The summed E-state index contributed by atoms with van der Waals surface area (Å²) in [5, 5.41) is 0.945. The van der Waals surface area contributed by atoms with Gasteiger partial charge in [0, 0.05) is 11.4 Å². The largest absolute Gasteiger partial charge is 0.497 e. The highest BCUT2D eigenvalue weighted by Crippen LogP contribution is 2.22. The lowest BCUT2D eigenvalue weighted by atomic mass is 10.1. The summed E-state index contributed by atoms with van der Waals surface area (Å²) < 4.78 is 5.04. The number of carbonyl (C=O) groups excluding carboxylic acids is 1. The number of Topliss-reactive ketones (excluding diaryl/α,β-unsaturated/α-hetero) is 1. The standard InChI is InChI=1S/C10H10BrClO2/c1-14-9-2-3-10(12)7(5-9)4-8(13)6-11/h2-3,5H,4,6H2,1H3. The average Bonchev–Trinajstić information content (AvgIpc) is 2.21. The van der Waals surface area contributed by atoms with Gasteiger partial charge in [0.25, 0.3) is 0 Å². The monoisotopic (exact) mass is 276 g/mol. The van der Waals surface area contributed by atoms with E-state index in [-0.39, 0.29) is 5.78 Å². The molecular weight excluding hydrogens is 267 g/mol. The number of rotatable bonds is 4. The molecule has 0 saturated heterocycles. The Morgan fingerprint density at radius 2 is 2.29 bits per heavy atom. The third kappa shape index (κ3) is 3.00. The maximum atomic E-state index is 11.2. The second-order valence-corrected chi connectivity index (χ2v) is 3.77. The summed E-state index contributed by atoms with van der Waals surface area (Å²) in [6.45, 7) is 0. The SMILES string of the molecule is COc1ccc(Cl)c(CC(=O)CBr)c1. The quantitative estimate of drug-likeness (QED) is 0.791. The van der Waals surface area contributed by atoms with Gasteiger partial charge in [-0.25, -0.2) is 0 Å². The van der Waals surface area contributed by atoms with Gasteiger partial charge in [-0.05, 0) is 23.8 Å². The Morgan fingerprint density at radius 3 is 2.86 bits per heavy atom. The normalized spacial score (nSPS) is 9.93. The van der Waals surface area contributed by atoms with Crippen LogP contribution in [0.5, 0.6) is 5.75 Å². The highest BCUT2D eigenvalue weighted by atomic mass is 79.9. The number of methoxy groups -OCH3 is 1. The smallest absolute Gasteiger partial charge is 0.147 e. The van der Waals surface area contributed by atoms with Gasteiger partial charge in [-0.15, -0.1) is 0 Å². The Hall–Kier alpha value is -0.540. The van der Waals surface area contributed by atoms with Crippen LogP contribution in [0.2, 0.25) is 5.02 Å². The van der Waals surface area contributed by atoms with Crippen molar-refractivity contribution in [2.24, 2.45) is 0 Å². The summed E-state index contributed by atoms with van der Waals surface area (Å²) in [5.41, 5.74) is 0.801. The lowest BCUT2D eigenvalue weighted by Gasteiger charge is -2.05. The third-order valence-electron chi connectivity index (χ3n) is 1.79. The van der Waals surface area contributed by atoms with Crippen molar-refractivity contribution in [3.8, 4) is 5.75 Å². The molecule has 1 rings (SSSR count). The van der Waals surface area contributed by atoms with Crippen molar-refractivity contribution in [2.45, 2.75) is 6.42 Å². The highest BCUT2D eigenvalue weighted by molar-refractivity contribution is 9.09. The number of ketones is 1. The Kier molecular flexibility index (Phi) is 4.42. The van der Waals surface area contributed by atoms with E-state index in [0.717, 1.165) is 5.56 Å². The molecule has 0 N–H and O–H groups in total. The second kappa shape index (κ2) is 5.37. The van der Waals surface area contributed by atoms with Crippen molar-refractivity contribution < 1.29 is 9.53 Å². The zero-order valence-corrected chi connectivity index (χ0v) is 10.1. The first-order chi connectivity index (χ1) is 6.67. The summed E-state index contributed by atoms with van der Waals surface area (Å²) in [5.74, 6) is 0.812. The zero-order valence-electron chi connectivity index (χ0n) is 7.72. The summed E-state index contributed by atoms with van der Waals surface area (Å²) in [7, 11) is 1.58. The molecule has 0 spiro atoms. The van der Waals surface area contributed by atoms with Gasteiger partial charge in [0.1, 0.15) is 11.5 Å². The molecule has 0 radical (unpaired) electrons. The molecule has 1 aromatic carbocycles. The van der Waals surface area contributed by atoms with Crippen molar-refractivity contribution >= 4 is 33.3 Å². The van der Waals surface area contributed by atoms with Crippen molar-refractivity contribution in [1.82, 2.24) is 0 Å². The Balaban J connectivity index is 2.89. The van der Waals surface area contributed by atoms with Gasteiger partial charge in [-0.3, -0.25) is 4.79 Å². The highest BCUT2D eigenvalue weighted by Gasteiger charge is 2.07. The summed E-state index contributed by atoms with van der Waals surface area (Å²) >= 11 is 9.04. The molecule has 0 unspecified atom stereocenters. The van der Waals surface area contributed by atoms with Crippen LogP contribution < -0.4 is 4.74 Å². The van der Waals surface area contributed by atoms with Crippen LogP contribution in [0, 0.1) is 0 Å². The number of ether oxygens (including phenoxy) is 1. The number of benzene rings is 1. The van der Waals surface area contributed by atoms with Crippen molar-refractivity contribution in [3.05, 3.63) is 28.8 Å². The Bertz CT molecular complexity index is 339. The molecule has 0 aliphatic rings. The van der Waals surface area contributed by atoms with Crippen LogP contribution in [-0.2, 0) is 11.2 Å². The lowest BCUT2D eigenvalue weighted by Crippen LogP contribution is -2.04. The van der Waals surface area contributed by atoms with E-state index in [2.05, 4.69) is 15.9 Å². The van der Waals surface area contributed by atoms with Gasteiger partial charge < -0.3 is 4.74 Å². The van der Waals surface area contributed by atoms with Crippen LogP contribution in [0.1, 0.15) is 5.56 Å². The van der Waals surface area contributed by atoms with E-state index in [1.807, 2.05) is 0 Å². The van der Waals surface area contributed by atoms with Gasteiger partial charge in [0.05, 0.1) is 12.4 Å². The van der Waals surface area contributed by atoms with E-state index in [1.165, 1.54) is 0 Å². The fourth-order valence-corrected chi connectivity index (χ4v) is 1.46. The maximum Gasteiger partial charge on any atom is 0.147 e. The maximum absolute atomic E-state index is 11.2. The number of alkyl halides is 1. The van der Waals surface area contributed by atoms with Crippen LogP contribution in [0.4, 0.5) is 0 Å². The lowest BCUT2D eigenvalue weighted by molar-refractivity contribution is -0.115. The van der Waals surface area contributed by atoms with Gasteiger partial charge in [-0.2, -0.15) is 0 Å². The fourth-order valence-electron chi connectivity index (χ4n) is 1.07. The molecule has 0 fully saturated rings. The molecule has 0 aliphatic heterocycles. The summed E-state index contributed by atoms with van der Waals surface area (Å²) in [4.78, 5) is 11.2. The molecule has 0 bridgehead atoms. The van der Waals surface area contributed by atoms with Crippen LogP contribution in [0.15, 0.2) is 18.2 Å². The summed E-state index contributed by atoms with van der Waals surface area (Å²) in [6, 6.07) is 5.28. The van der Waals surface area contributed by atoms with Gasteiger partial charge in [-0.1, -0.05) is 27.5 Å². The van der Waals surface area contributed by atoms with E-state index in [9.17, 15) is 4.79 Å².